The molecular weight excluding hydrogens is 349 g/mol. The third kappa shape index (κ3) is 3.74. The van der Waals surface area contributed by atoms with Gasteiger partial charge in [-0.05, 0) is 49.7 Å². The number of aromatic nitrogens is 3. The van der Waals surface area contributed by atoms with Gasteiger partial charge in [-0.1, -0.05) is 12.1 Å². The summed E-state index contributed by atoms with van der Waals surface area (Å²) in [6.07, 6.45) is 1.41. The van der Waals surface area contributed by atoms with Crippen molar-refractivity contribution in [2.24, 2.45) is 5.84 Å². The number of nitrogens with two attached hydrogens (primary N) is 1. The molecule has 0 aliphatic carbocycles. The zero-order valence-corrected chi connectivity index (χ0v) is 15.7. The second-order valence-corrected chi connectivity index (χ2v) is 9.26. The van der Waals surface area contributed by atoms with Crippen molar-refractivity contribution in [3.05, 3.63) is 54.9 Å². The van der Waals surface area contributed by atoms with Gasteiger partial charge in [0.25, 0.3) is 0 Å². The molecule has 0 unspecified atom stereocenters. The summed E-state index contributed by atoms with van der Waals surface area (Å²) in [6.45, 7) is 3.46. The van der Waals surface area contributed by atoms with Crippen LogP contribution in [0.25, 0.3) is 11.4 Å². The predicted octanol–water partition coefficient (Wildman–Crippen LogP) is 2.81. The van der Waals surface area contributed by atoms with Gasteiger partial charge in [0.15, 0.2) is 5.82 Å². The van der Waals surface area contributed by atoms with E-state index in [1.165, 1.54) is 11.3 Å². The first kappa shape index (κ1) is 18.0. The van der Waals surface area contributed by atoms with Crippen molar-refractivity contribution in [3.63, 3.8) is 0 Å². The van der Waals surface area contributed by atoms with Crippen LogP contribution in [0.5, 0.6) is 5.75 Å². The molecule has 134 valence electrons. The lowest BCUT2D eigenvalue weighted by Gasteiger charge is -2.18. The fraction of sp³-hybridized carbons (Fsp3) is 0.167. The van der Waals surface area contributed by atoms with E-state index in [1.54, 1.807) is 44.7 Å². The van der Waals surface area contributed by atoms with Crippen LogP contribution in [-0.2, 0) is 4.57 Å². The zero-order chi connectivity index (χ0) is 18.7. The fourth-order valence-corrected chi connectivity index (χ4v) is 3.32. The second kappa shape index (κ2) is 7.23. The molecule has 0 spiro atoms. The number of hydrazine groups is 1. The summed E-state index contributed by atoms with van der Waals surface area (Å²) in [6, 6.07) is 14.7. The largest absolute Gasteiger partial charge is 0.496 e. The molecule has 0 aliphatic heterocycles. The number of ether oxygens (including phenoxy) is 1. The maximum absolute atomic E-state index is 12.1. The average Bonchev–Trinajstić information content (AvgIpc) is 2.67. The Morgan fingerprint density at radius 1 is 1.04 bits per heavy atom. The van der Waals surface area contributed by atoms with Gasteiger partial charge in [0.05, 0.1) is 18.4 Å². The van der Waals surface area contributed by atoms with Crippen LogP contribution in [0.4, 0.5) is 11.6 Å². The van der Waals surface area contributed by atoms with Crippen molar-refractivity contribution in [2.45, 2.75) is 0 Å². The van der Waals surface area contributed by atoms with Crippen molar-refractivity contribution in [1.82, 2.24) is 15.0 Å². The number of nitrogens with zero attached hydrogens (tertiary/aromatic N) is 4. The number of rotatable bonds is 5. The first-order chi connectivity index (χ1) is 12.4. The van der Waals surface area contributed by atoms with Crippen molar-refractivity contribution in [2.75, 3.05) is 25.4 Å². The normalized spacial score (nSPS) is 11.2. The number of methoxy groups -OCH3 is 1. The molecule has 1 aromatic heterocycles. The van der Waals surface area contributed by atoms with Crippen LogP contribution in [0.2, 0.25) is 0 Å². The number of anilines is 2. The Morgan fingerprint density at radius 2 is 1.73 bits per heavy atom. The molecule has 26 heavy (non-hydrogen) atoms. The highest BCUT2D eigenvalue weighted by atomic mass is 31.2. The van der Waals surface area contributed by atoms with E-state index in [-0.39, 0.29) is 0 Å². The van der Waals surface area contributed by atoms with E-state index in [0.717, 1.165) is 10.9 Å². The van der Waals surface area contributed by atoms with E-state index < -0.39 is 7.14 Å². The van der Waals surface area contributed by atoms with Gasteiger partial charge >= 0.3 is 0 Å². The Hall–Kier alpha value is -2.76. The first-order valence-corrected chi connectivity index (χ1v) is 10.5. The quantitative estimate of drug-likeness (QED) is 0.420. The van der Waals surface area contributed by atoms with Gasteiger partial charge in [0.1, 0.15) is 19.2 Å². The van der Waals surface area contributed by atoms with Gasteiger partial charge in [-0.25, -0.2) is 15.8 Å². The third-order valence-corrected chi connectivity index (χ3v) is 5.41. The molecule has 2 N–H and O–H groups in total. The summed E-state index contributed by atoms with van der Waals surface area (Å²) in [5.41, 5.74) is 1.43. The summed E-state index contributed by atoms with van der Waals surface area (Å²) in [4.78, 5) is 12.8. The molecule has 1 heterocycles. The molecule has 8 heteroatoms. The lowest BCUT2D eigenvalue weighted by Crippen LogP contribution is -2.27. The lowest BCUT2D eigenvalue weighted by molar-refractivity contribution is 0.416. The minimum Gasteiger partial charge on any atom is -0.496 e. The van der Waals surface area contributed by atoms with Gasteiger partial charge < -0.3 is 9.30 Å². The number of hydrogen-bond acceptors (Lipinski definition) is 7. The molecule has 3 aromatic rings. The highest BCUT2D eigenvalue weighted by molar-refractivity contribution is 7.70. The van der Waals surface area contributed by atoms with Gasteiger partial charge in [-0.3, -0.25) is 0 Å². The number of para-hydroxylation sites is 1. The maximum atomic E-state index is 12.1. The van der Waals surface area contributed by atoms with Crippen LogP contribution in [0, 0.1) is 0 Å². The average molecular weight is 369 g/mol. The Balaban J connectivity index is 1.94. The molecule has 7 nitrogen and oxygen atoms in total. The fourth-order valence-electron chi connectivity index (χ4n) is 2.45. The molecule has 0 fully saturated rings. The highest BCUT2D eigenvalue weighted by Crippen LogP contribution is 2.35. The van der Waals surface area contributed by atoms with E-state index in [9.17, 15) is 4.57 Å². The minimum atomic E-state index is -2.31. The molecule has 2 aromatic carbocycles. The van der Waals surface area contributed by atoms with Gasteiger partial charge in [-0.15, -0.1) is 0 Å². The van der Waals surface area contributed by atoms with Gasteiger partial charge in [0, 0.05) is 5.30 Å². The smallest absolute Gasteiger partial charge is 0.248 e. The van der Waals surface area contributed by atoms with Crippen LogP contribution < -0.4 is 20.9 Å². The second-order valence-electron chi connectivity index (χ2n) is 6.05. The molecule has 0 saturated heterocycles. The highest BCUT2D eigenvalue weighted by Gasteiger charge is 2.15. The number of benzene rings is 2. The molecule has 0 atom stereocenters. The molecule has 0 saturated carbocycles. The van der Waals surface area contributed by atoms with Crippen LogP contribution in [0.15, 0.2) is 54.9 Å². The zero-order valence-electron chi connectivity index (χ0n) is 14.8. The summed E-state index contributed by atoms with van der Waals surface area (Å²) in [5, 5.41) is 2.15. The van der Waals surface area contributed by atoms with Crippen molar-refractivity contribution in [1.29, 1.82) is 0 Å². The molecule has 0 bridgehead atoms. The standard InChI is InChI=1S/C18H20N5O2P/c1-25-16-7-5-4-6-15(16)17-20-12-21-18(22-17)23(19)13-8-10-14(11-9-13)26(2,3)24/h4-12H,19H2,1-3H3. The Kier molecular flexibility index (Phi) is 5.02. The minimum absolute atomic E-state index is 0.296. The van der Waals surface area contributed by atoms with Crippen LogP contribution in [-0.4, -0.2) is 35.4 Å². The van der Waals surface area contributed by atoms with Crippen molar-refractivity contribution < 1.29 is 9.30 Å². The van der Waals surface area contributed by atoms with E-state index in [1.807, 2.05) is 24.3 Å². The Labute approximate surface area is 152 Å². The maximum Gasteiger partial charge on any atom is 0.248 e. The van der Waals surface area contributed by atoms with Crippen molar-refractivity contribution in [3.8, 4) is 17.1 Å². The molecule has 0 aliphatic rings. The summed E-state index contributed by atoms with van der Waals surface area (Å²) >= 11 is 0. The molecule has 0 amide bonds. The van der Waals surface area contributed by atoms with E-state index in [0.29, 0.717) is 23.2 Å². The Bertz CT molecular complexity index is 956. The molecule has 0 radical (unpaired) electrons. The lowest BCUT2D eigenvalue weighted by atomic mass is 10.2. The van der Waals surface area contributed by atoms with E-state index in [2.05, 4.69) is 15.0 Å². The SMILES string of the molecule is COc1ccccc1-c1ncnc(N(N)c2ccc(P(C)(C)=O)cc2)n1. The third-order valence-electron chi connectivity index (χ3n) is 3.87. The van der Waals surface area contributed by atoms with Crippen LogP contribution in [0.3, 0.4) is 0 Å². The van der Waals surface area contributed by atoms with Gasteiger partial charge in [-0.2, -0.15) is 9.97 Å². The molecular formula is C18H20N5O2P. The molecule has 3 rings (SSSR count). The van der Waals surface area contributed by atoms with E-state index >= 15 is 0 Å². The topological polar surface area (TPSA) is 94.2 Å². The van der Waals surface area contributed by atoms with Crippen LogP contribution in [0.1, 0.15) is 0 Å². The summed E-state index contributed by atoms with van der Waals surface area (Å²) in [5.74, 6) is 7.60. The van der Waals surface area contributed by atoms with Crippen molar-refractivity contribution >= 4 is 24.1 Å². The van der Waals surface area contributed by atoms with Crippen LogP contribution >= 0.6 is 7.14 Å². The first-order valence-electron chi connectivity index (χ1n) is 7.93. The monoisotopic (exact) mass is 369 g/mol. The van der Waals surface area contributed by atoms with Gasteiger partial charge in [0.2, 0.25) is 5.95 Å². The summed E-state index contributed by atoms with van der Waals surface area (Å²) in [7, 11) is -0.716. The summed E-state index contributed by atoms with van der Waals surface area (Å²) < 4.78 is 17.5. The Morgan fingerprint density at radius 3 is 2.38 bits per heavy atom. The van der Waals surface area contributed by atoms with E-state index in [4.69, 9.17) is 10.6 Å². The predicted molar refractivity (Wildman–Crippen MR) is 104 cm³/mol. The number of hydrogen-bond donors (Lipinski definition) is 1.